The highest BCUT2D eigenvalue weighted by atomic mass is 15.3. The molecule has 0 spiro atoms. The standard InChI is InChI=1S/C13H26N6/c1-7-9(3)14-11-16-12(15-10(4)8-2)18-13(17-11)19(5)6/h9-10H,7-8H2,1-6H3,(H2,14,15,16,17,18). The number of hydrogen-bond acceptors (Lipinski definition) is 6. The Balaban J connectivity index is 2.96. The second kappa shape index (κ2) is 7.11. The molecule has 0 bridgehead atoms. The van der Waals surface area contributed by atoms with Gasteiger partial charge in [0.25, 0.3) is 0 Å². The largest absolute Gasteiger partial charge is 0.352 e. The summed E-state index contributed by atoms with van der Waals surface area (Å²) in [4.78, 5) is 15.1. The summed E-state index contributed by atoms with van der Waals surface area (Å²) in [5.41, 5.74) is 0. The predicted octanol–water partition coefficient (Wildman–Crippen LogP) is 2.36. The van der Waals surface area contributed by atoms with E-state index < -0.39 is 0 Å². The van der Waals surface area contributed by atoms with Crippen LogP contribution in [0.3, 0.4) is 0 Å². The Kier molecular flexibility index (Phi) is 5.79. The topological polar surface area (TPSA) is 66.0 Å². The first-order chi connectivity index (χ1) is 8.96. The van der Waals surface area contributed by atoms with Crippen molar-refractivity contribution in [3.05, 3.63) is 0 Å². The van der Waals surface area contributed by atoms with Crippen molar-refractivity contribution >= 4 is 17.8 Å². The molecule has 6 heteroatoms. The normalized spacial score (nSPS) is 13.8. The molecule has 6 nitrogen and oxygen atoms in total. The third-order valence-electron chi connectivity index (χ3n) is 3.00. The Morgan fingerprint density at radius 3 is 1.63 bits per heavy atom. The molecule has 0 aliphatic heterocycles. The van der Waals surface area contributed by atoms with E-state index >= 15 is 0 Å². The summed E-state index contributed by atoms with van der Waals surface area (Å²) in [7, 11) is 3.85. The van der Waals surface area contributed by atoms with E-state index in [2.05, 4.69) is 53.3 Å². The van der Waals surface area contributed by atoms with E-state index in [0.29, 0.717) is 29.9 Å². The van der Waals surface area contributed by atoms with Crippen molar-refractivity contribution in [2.24, 2.45) is 0 Å². The molecule has 0 aromatic carbocycles. The van der Waals surface area contributed by atoms with Gasteiger partial charge in [-0.3, -0.25) is 0 Å². The summed E-state index contributed by atoms with van der Waals surface area (Å²) in [5.74, 6) is 1.91. The van der Waals surface area contributed by atoms with Crippen LogP contribution in [0.15, 0.2) is 0 Å². The Hall–Kier alpha value is -1.59. The van der Waals surface area contributed by atoms with Gasteiger partial charge in [0.1, 0.15) is 0 Å². The minimum absolute atomic E-state index is 0.342. The first-order valence-electron chi connectivity index (χ1n) is 6.92. The Morgan fingerprint density at radius 1 is 0.895 bits per heavy atom. The maximum atomic E-state index is 4.42. The molecule has 1 heterocycles. The summed E-state index contributed by atoms with van der Waals surface area (Å²) in [5, 5.41) is 6.58. The monoisotopic (exact) mass is 266 g/mol. The van der Waals surface area contributed by atoms with Gasteiger partial charge < -0.3 is 15.5 Å². The summed E-state index contributed by atoms with van der Waals surface area (Å²) in [6.07, 6.45) is 2.05. The van der Waals surface area contributed by atoms with Crippen molar-refractivity contribution in [1.29, 1.82) is 0 Å². The average molecular weight is 266 g/mol. The first kappa shape index (κ1) is 15.5. The lowest BCUT2D eigenvalue weighted by Gasteiger charge is -2.17. The summed E-state index contributed by atoms with van der Waals surface area (Å²) >= 11 is 0. The fraction of sp³-hybridized carbons (Fsp3) is 0.769. The van der Waals surface area contributed by atoms with Crippen molar-refractivity contribution in [2.75, 3.05) is 29.6 Å². The molecule has 1 rings (SSSR count). The molecule has 2 atom stereocenters. The van der Waals surface area contributed by atoms with Gasteiger partial charge in [-0.2, -0.15) is 15.0 Å². The zero-order valence-electron chi connectivity index (χ0n) is 12.9. The summed E-state index contributed by atoms with van der Waals surface area (Å²) < 4.78 is 0. The van der Waals surface area contributed by atoms with Crippen LogP contribution in [0.25, 0.3) is 0 Å². The molecule has 0 fully saturated rings. The van der Waals surface area contributed by atoms with Crippen LogP contribution in [-0.4, -0.2) is 41.1 Å². The lowest BCUT2D eigenvalue weighted by molar-refractivity contribution is 0.737. The predicted molar refractivity (Wildman–Crippen MR) is 80.9 cm³/mol. The smallest absolute Gasteiger partial charge is 0.231 e. The Morgan fingerprint density at radius 2 is 1.32 bits per heavy atom. The molecule has 0 aliphatic carbocycles. The van der Waals surface area contributed by atoms with E-state index in [1.165, 1.54) is 0 Å². The van der Waals surface area contributed by atoms with Crippen LogP contribution in [0.5, 0.6) is 0 Å². The highest BCUT2D eigenvalue weighted by Gasteiger charge is 2.11. The van der Waals surface area contributed by atoms with E-state index in [0.717, 1.165) is 12.8 Å². The summed E-state index contributed by atoms with van der Waals surface area (Å²) in [6.45, 7) is 8.48. The van der Waals surface area contributed by atoms with Crippen LogP contribution >= 0.6 is 0 Å². The fourth-order valence-electron chi connectivity index (χ4n) is 1.34. The molecule has 2 unspecified atom stereocenters. The second-order valence-electron chi connectivity index (χ2n) is 5.08. The quantitative estimate of drug-likeness (QED) is 0.790. The SMILES string of the molecule is CCC(C)Nc1nc(NC(C)CC)nc(N(C)C)n1. The molecule has 1 aromatic heterocycles. The van der Waals surface area contributed by atoms with Gasteiger partial charge in [0.15, 0.2) is 0 Å². The molecule has 1 aromatic rings. The van der Waals surface area contributed by atoms with Gasteiger partial charge in [-0.15, -0.1) is 0 Å². The molecule has 0 radical (unpaired) electrons. The van der Waals surface area contributed by atoms with Gasteiger partial charge in [-0.25, -0.2) is 0 Å². The maximum Gasteiger partial charge on any atom is 0.231 e. The third kappa shape index (κ3) is 4.89. The number of anilines is 3. The van der Waals surface area contributed by atoms with Gasteiger partial charge in [0, 0.05) is 26.2 Å². The van der Waals surface area contributed by atoms with E-state index in [-0.39, 0.29) is 0 Å². The minimum atomic E-state index is 0.342. The summed E-state index contributed by atoms with van der Waals surface area (Å²) in [6, 6.07) is 0.683. The fourth-order valence-corrected chi connectivity index (χ4v) is 1.34. The zero-order valence-corrected chi connectivity index (χ0v) is 12.9. The van der Waals surface area contributed by atoms with Crippen LogP contribution in [-0.2, 0) is 0 Å². The van der Waals surface area contributed by atoms with Gasteiger partial charge >= 0.3 is 0 Å². The van der Waals surface area contributed by atoms with Crippen LogP contribution in [0, 0.1) is 0 Å². The van der Waals surface area contributed by atoms with Gasteiger partial charge in [-0.05, 0) is 26.7 Å². The van der Waals surface area contributed by atoms with Crippen LogP contribution in [0.4, 0.5) is 17.8 Å². The molecule has 0 saturated heterocycles. The van der Waals surface area contributed by atoms with E-state index in [4.69, 9.17) is 0 Å². The number of hydrogen-bond donors (Lipinski definition) is 2. The highest BCUT2D eigenvalue weighted by Crippen LogP contribution is 2.14. The van der Waals surface area contributed by atoms with Gasteiger partial charge in [0.05, 0.1) is 0 Å². The average Bonchev–Trinajstić information content (AvgIpc) is 2.37. The molecule has 108 valence electrons. The Labute approximate surface area is 116 Å². The molecule has 0 aliphatic rings. The lowest BCUT2D eigenvalue weighted by Crippen LogP contribution is -2.22. The van der Waals surface area contributed by atoms with Gasteiger partial charge in [-0.1, -0.05) is 13.8 Å². The van der Waals surface area contributed by atoms with E-state index in [9.17, 15) is 0 Å². The highest BCUT2D eigenvalue weighted by molar-refractivity contribution is 5.43. The van der Waals surface area contributed by atoms with Crippen LogP contribution < -0.4 is 15.5 Å². The van der Waals surface area contributed by atoms with E-state index in [1.807, 2.05) is 19.0 Å². The molecular weight excluding hydrogens is 240 g/mol. The maximum absolute atomic E-state index is 4.42. The molecule has 0 saturated carbocycles. The van der Waals surface area contributed by atoms with Crippen molar-refractivity contribution in [3.63, 3.8) is 0 Å². The first-order valence-corrected chi connectivity index (χ1v) is 6.92. The number of nitrogens with one attached hydrogen (secondary N) is 2. The number of nitrogens with zero attached hydrogens (tertiary/aromatic N) is 4. The van der Waals surface area contributed by atoms with Crippen molar-refractivity contribution in [1.82, 2.24) is 15.0 Å². The van der Waals surface area contributed by atoms with Crippen LogP contribution in [0.2, 0.25) is 0 Å². The molecule has 0 amide bonds. The van der Waals surface area contributed by atoms with Crippen molar-refractivity contribution < 1.29 is 0 Å². The molecule has 2 N–H and O–H groups in total. The Bertz CT molecular complexity index is 362. The second-order valence-corrected chi connectivity index (χ2v) is 5.08. The molecular formula is C13H26N6. The van der Waals surface area contributed by atoms with Crippen molar-refractivity contribution in [3.8, 4) is 0 Å². The van der Waals surface area contributed by atoms with Gasteiger partial charge in [0.2, 0.25) is 17.8 Å². The number of aromatic nitrogens is 3. The van der Waals surface area contributed by atoms with E-state index in [1.54, 1.807) is 0 Å². The molecule has 19 heavy (non-hydrogen) atoms. The minimum Gasteiger partial charge on any atom is -0.352 e. The number of rotatable bonds is 7. The zero-order chi connectivity index (χ0) is 14.4. The third-order valence-corrected chi connectivity index (χ3v) is 3.00. The lowest BCUT2D eigenvalue weighted by atomic mass is 10.3. The van der Waals surface area contributed by atoms with Crippen LogP contribution in [0.1, 0.15) is 40.5 Å². The van der Waals surface area contributed by atoms with Crippen molar-refractivity contribution in [2.45, 2.75) is 52.6 Å².